The molecular formula is C18H22FN3O. The fourth-order valence-corrected chi connectivity index (χ4v) is 3.16. The lowest BCUT2D eigenvalue weighted by molar-refractivity contribution is 0.0932. The molecule has 5 heteroatoms. The number of hydrogen-bond acceptors (Lipinski definition) is 2. The summed E-state index contributed by atoms with van der Waals surface area (Å²) in [4.78, 5) is 12.4. The van der Waals surface area contributed by atoms with Crippen molar-refractivity contribution < 1.29 is 9.18 Å². The Hall–Kier alpha value is -2.17. The highest BCUT2D eigenvalue weighted by atomic mass is 19.1. The van der Waals surface area contributed by atoms with E-state index in [9.17, 15) is 9.18 Å². The van der Waals surface area contributed by atoms with Crippen LogP contribution in [0.1, 0.15) is 61.3 Å². The van der Waals surface area contributed by atoms with E-state index in [0.29, 0.717) is 5.56 Å². The molecule has 0 fully saturated rings. The Labute approximate surface area is 135 Å². The molecule has 0 bridgehead atoms. The van der Waals surface area contributed by atoms with Crippen LogP contribution in [0.4, 0.5) is 4.39 Å². The second kappa shape index (κ2) is 5.80. The Bertz CT molecular complexity index is 730. The summed E-state index contributed by atoms with van der Waals surface area (Å²) in [5.41, 5.74) is 2.53. The molecule has 1 aliphatic rings. The topological polar surface area (TPSA) is 46.9 Å². The number of rotatable bonds is 2. The van der Waals surface area contributed by atoms with Crippen LogP contribution >= 0.6 is 0 Å². The Morgan fingerprint density at radius 3 is 2.87 bits per heavy atom. The molecule has 1 N–H and O–H groups in total. The number of nitrogens with zero attached hydrogens (tertiary/aromatic N) is 2. The van der Waals surface area contributed by atoms with Gasteiger partial charge in [-0.15, -0.1) is 0 Å². The summed E-state index contributed by atoms with van der Waals surface area (Å²) in [5, 5.41) is 7.54. The number of carbonyl (C=O) groups is 1. The number of amides is 1. The molecular weight excluding hydrogens is 293 g/mol. The molecule has 3 rings (SSSR count). The SMILES string of the molecule is CC(C)(C)n1ncc2c1CCC[C@H]2NC(=O)c1cccc(F)c1. The number of nitrogens with one attached hydrogen (secondary N) is 1. The van der Waals surface area contributed by atoms with Crippen LogP contribution < -0.4 is 5.32 Å². The Morgan fingerprint density at radius 2 is 2.17 bits per heavy atom. The van der Waals surface area contributed by atoms with Gasteiger partial charge in [0, 0.05) is 16.8 Å². The first kappa shape index (κ1) is 15.7. The average Bonchev–Trinajstić information content (AvgIpc) is 2.92. The summed E-state index contributed by atoms with van der Waals surface area (Å²) in [6, 6.07) is 5.71. The molecule has 0 saturated heterocycles. The van der Waals surface area contributed by atoms with E-state index in [0.717, 1.165) is 24.8 Å². The van der Waals surface area contributed by atoms with E-state index in [4.69, 9.17) is 0 Å². The fraction of sp³-hybridized carbons (Fsp3) is 0.444. The van der Waals surface area contributed by atoms with Crippen LogP contribution in [0.5, 0.6) is 0 Å². The van der Waals surface area contributed by atoms with Crippen LogP contribution in [0.2, 0.25) is 0 Å². The van der Waals surface area contributed by atoms with E-state index in [1.54, 1.807) is 12.1 Å². The monoisotopic (exact) mass is 315 g/mol. The van der Waals surface area contributed by atoms with Crippen molar-refractivity contribution in [2.24, 2.45) is 0 Å². The first-order valence-corrected chi connectivity index (χ1v) is 8.00. The van der Waals surface area contributed by atoms with Crippen molar-refractivity contribution in [1.29, 1.82) is 0 Å². The van der Waals surface area contributed by atoms with Gasteiger partial charge >= 0.3 is 0 Å². The summed E-state index contributed by atoms with van der Waals surface area (Å²) >= 11 is 0. The van der Waals surface area contributed by atoms with E-state index in [1.165, 1.54) is 17.8 Å². The minimum Gasteiger partial charge on any atom is -0.345 e. The van der Waals surface area contributed by atoms with Gasteiger partial charge in [0.2, 0.25) is 0 Å². The average molecular weight is 315 g/mol. The summed E-state index contributed by atoms with van der Waals surface area (Å²) in [7, 11) is 0. The minimum atomic E-state index is -0.400. The molecule has 0 aliphatic heterocycles. The maximum atomic E-state index is 13.3. The Kier molecular flexibility index (Phi) is 3.96. The van der Waals surface area contributed by atoms with Gasteiger partial charge in [-0.2, -0.15) is 5.10 Å². The first-order valence-electron chi connectivity index (χ1n) is 8.00. The first-order chi connectivity index (χ1) is 10.9. The third kappa shape index (κ3) is 3.14. The van der Waals surface area contributed by atoms with Crippen LogP contribution in [-0.4, -0.2) is 15.7 Å². The van der Waals surface area contributed by atoms with Crippen molar-refractivity contribution in [1.82, 2.24) is 15.1 Å². The van der Waals surface area contributed by atoms with Crippen LogP contribution in [-0.2, 0) is 12.0 Å². The summed E-state index contributed by atoms with van der Waals surface area (Å²) in [6.07, 6.45) is 4.71. The molecule has 2 aromatic rings. The van der Waals surface area contributed by atoms with E-state index >= 15 is 0 Å². The van der Waals surface area contributed by atoms with Crippen LogP contribution in [0, 0.1) is 5.82 Å². The zero-order valence-corrected chi connectivity index (χ0v) is 13.8. The second-order valence-corrected chi connectivity index (χ2v) is 7.06. The highest BCUT2D eigenvalue weighted by Gasteiger charge is 2.29. The van der Waals surface area contributed by atoms with E-state index < -0.39 is 5.82 Å². The van der Waals surface area contributed by atoms with Gasteiger partial charge in [-0.25, -0.2) is 4.39 Å². The van der Waals surface area contributed by atoms with Crippen molar-refractivity contribution in [2.75, 3.05) is 0 Å². The van der Waals surface area contributed by atoms with Gasteiger partial charge in [-0.1, -0.05) is 6.07 Å². The van der Waals surface area contributed by atoms with E-state index in [-0.39, 0.29) is 17.5 Å². The van der Waals surface area contributed by atoms with Crippen molar-refractivity contribution in [3.05, 3.63) is 53.1 Å². The predicted octanol–water partition coefficient (Wildman–Crippen LogP) is 3.58. The predicted molar refractivity (Wildman–Crippen MR) is 86.8 cm³/mol. The molecule has 1 aromatic heterocycles. The second-order valence-electron chi connectivity index (χ2n) is 7.06. The highest BCUT2D eigenvalue weighted by molar-refractivity contribution is 5.94. The standard InChI is InChI=1S/C18H22FN3O/c1-18(2,3)22-16-9-5-8-15(14(16)11-20-22)21-17(23)12-6-4-7-13(19)10-12/h4,6-7,10-11,15H,5,8-9H2,1-3H3,(H,21,23)/t15-/m1/s1. The lowest BCUT2D eigenvalue weighted by Gasteiger charge is -2.28. The molecule has 4 nitrogen and oxygen atoms in total. The zero-order chi connectivity index (χ0) is 16.6. The van der Waals surface area contributed by atoms with Gasteiger partial charge < -0.3 is 5.32 Å². The van der Waals surface area contributed by atoms with E-state index in [1.807, 2.05) is 10.9 Å². The molecule has 1 heterocycles. The maximum absolute atomic E-state index is 13.3. The zero-order valence-electron chi connectivity index (χ0n) is 13.8. The summed E-state index contributed by atoms with van der Waals surface area (Å²) in [6.45, 7) is 6.36. The van der Waals surface area contributed by atoms with Gasteiger partial charge in [0.15, 0.2) is 0 Å². The fourth-order valence-electron chi connectivity index (χ4n) is 3.16. The van der Waals surface area contributed by atoms with Crippen molar-refractivity contribution in [3.8, 4) is 0 Å². The normalized spacial score (nSPS) is 17.7. The van der Waals surface area contributed by atoms with Crippen molar-refractivity contribution in [3.63, 3.8) is 0 Å². The minimum absolute atomic E-state index is 0.0642. The highest BCUT2D eigenvalue weighted by Crippen LogP contribution is 2.32. The number of fused-ring (bicyclic) bond motifs is 1. The van der Waals surface area contributed by atoms with Crippen molar-refractivity contribution >= 4 is 5.91 Å². The molecule has 0 radical (unpaired) electrons. The summed E-state index contributed by atoms with van der Waals surface area (Å²) < 4.78 is 15.3. The maximum Gasteiger partial charge on any atom is 0.251 e. The van der Waals surface area contributed by atoms with Gasteiger partial charge in [0.05, 0.1) is 17.8 Å². The summed E-state index contributed by atoms with van der Waals surface area (Å²) in [5.74, 6) is -0.645. The third-order valence-corrected chi connectivity index (χ3v) is 4.21. The van der Waals surface area contributed by atoms with Crippen LogP contribution in [0.3, 0.4) is 0 Å². The lowest BCUT2D eigenvalue weighted by atomic mass is 9.92. The molecule has 1 aromatic carbocycles. The number of benzene rings is 1. The number of carbonyl (C=O) groups excluding carboxylic acids is 1. The van der Waals surface area contributed by atoms with Crippen LogP contribution in [0.15, 0.2) is 30.5 Å². The number of hydrogen-bond donors (Lipinski definition) is 1. The van der Waals surface area contributed by atoms with Gasteiger partial charge in [0.25, 0.3) is 5.91 Å². The molecule has 0 saturated carbocycles. The molecule has 1 amide bonds. The third-order valence-electron chi connectivity index (χ3n) is 4.21. The van der Waals surface area contributed by atoms with Crippen LogP contribution in [0.25, 0.3) is 0 Å². The van der Waals surface area contributed by atoms with E-state index in [2.05, 4.69) is 31.2 Å². The van der Waals surface area contributed by atoms with Crippen molar-refractivity contribution in [2.45, 2.75) is 51.6 Å². The molecule has 1 atom stereocenters. The number of halogens is 1. The molecule has 122 valence electrons. The molecule has 0 spiro atoms. The Morgan fingerprint density at radius 1 is 1.39 bits per heavy atom. The Balaban J connectivity index is 1.84. The molecule has 0 unspecified atom stereocenters. The lowest BCUT2D eigenvalue weighted by Crippen LogP contribution is -2.32. The molecule has 1 aliphatic carbocycles. The van der Waals surface area contributed by atoms with Gasteiger partial charge in [0.1, 0.15) is 5.82 Å². The quantitative estimate of drug-likeness (QED) is 0.920. The smallest absolute Gasteiger partial charge is 0.251 e. The number of aromatic nitrogens is 2. The molecule has 23 heavy (non-hydrogen) atoms. The van der Waals surface area contributed by atoms with Gasteiger partial charge in [-0.05, 0) is 58.2 Å². The largest absolute Gasteiger partial charge is 0.345 e. The van der Waals surface area contributed by atoms with Gasteiger partial charge in [-0.3, -0.25) is 9.48 Å².